The molecule has 1 aromatic rings. The third kappa shape index (κ3) is 2.68. The number of hydrogen-bond acceptors (Lipinski definition) is 4. The lowest BCUT2D eigenvalue weighted by molar-refractivity contribution is 0.0572. The highest BCUT2D eigenvalue weighted by Gasteiger charge is 2.29. The largest absolute Gasteiger partial charge is 0.389 e. The zero-order chi connectivity index (χ0) is 12.4. The smallest absolute Gasteiger partial charge is 0.0938 e. The van der Waals surface area contributed by atoms with Gasteiger partial charge in [-0.3, -0.25) is 9.58 Å². The Morgan fingerprint density at radius 3 is 2.47 bits per heavy atom. The predicted molar refractivity (Wildman–Crippen MR) is 64.6 cm³/mol. The van der Waals surface area contributed by atoms with Crippen molar-refractivity contribution in [3.05, 3.63) is 17.5 Å². The Labute approximate surface area is 102 Å². The van der Waals surface area contributed by atoms with E-state index in [1.807, 2.05) is 4.68 Å². The van der Waals surface area contributed by atoms with Crippen LogP contribution in [0.4, 0.5) is 0 Å². The molecule has 0 radical (unpaired) electrons. The maximum Gasteiger partial charge on any atom is 0.0938 e. The van der Waals surface area contributed by atoms with Crippen LogP contribution in [0, 0.1) is 0 Å². The molecule has 1 aliphatic heterocycles. The summed E-state index contributed by atoms with van der Waals surface area (Å²) in [6.07, 6.45) is -0.289. The molecule has 1 aromatic heterocycles. The van der Waals surface area contributed by atoms with Crippen molar-refractivity contribution < 1.29 is 10.2 Å². The van der Waals surface area contributed by atoms with E-state index in [9.17, 15) is 10.2 Å². The van der Waals surface area contributed by atoms with Crippen LogP contribution >= 0.6 is 0 Å². The molecule has 0 bridgehead atoms. The minimum absolute atomic E-state index is 0.539. The fourth-order valence-electron chi connectivity index (χ4n) is 2.29. The summed E-state index contributed by atoms with van der Waals surface area (Å²) in [5.74, 6) is 0. The summed E-state index contributed by atoms with van der Waals surface area (Å²) < 4.78 is 2.00. The fourth-order valence-corrected chi connectivity index (χ4v) is 2.29. The van der Waals surface area contributed by atoms with Gasteiger partial charge in [-0.05, 0) is 19.4 Å². The number of aryl methyl sites for hydroxylation is 2. The fraction of sp³-hybridized carbons (Fsp3) is 0.750. The van der Waals surface area contributed by atoms with Crippen LogP contribution in [0.25, 0.3) is 0 Å². The first-order valence-electron chi connectivity index (χ1n) is 6.28. The monoisotopic (exact) mass is 239 g/mol. The molecule has 2 rings (SSSR count). The number of hydrogen-bond donors (Lipinski definition) is 2. The van der Waals surface area contributed by atoms with Crippen molar-refractivity contribution in [3.8, 4) is 0 Å². The third-order valence-corrected chi connectivity index (χ3v) is 3.30. The molecule has 0 amide bonds. The van der Waals surface area contributed by atoms with Crippen LogP contribution < -0.4 is 0 Å². The highest BCUT2D eigenvalue weighted by molar-refractivity contribution is 5.11. The normalized spacial score (nSPS) is 25.6. The number of nitrogens with zero attached hydrogens (tertiary/aromatic N) is 3. The van der Waals surface area contributed by atoms with E-state index in [0.29, 0.717) is 13.1 Å². The topological polar surface area (TPSA) is 61.5 Å². The Kier molecular flexibility index (Phi) is 3.81. The van der Waals surface area contributed by atoms with Crippen molar-refractivity contribution in [1.82, 2.24) is 14.7 Å². The van der Waals surface area contributed by atoms with Crippen molar-refractivity contribution in [2.24, 2.45) is 0 Å². The van der Waals surface area contributed by atoms with E-state index in [1.165, 1.54) is 0 Å². The number of likely N-dealkylation sites (tertiary alicyclic amines) is 1. The molecule has 1 aliphatic rings. The van der Waals surface area contributed by atoms with E-state index >= 15 is 0 Å². The Morgan fingerprint density at radius 1 is 1.29 bits per heavy atom. The van der Waals surface area contributed by atoms with Crippen LogP contribution in [0.5, 0.6) is 0 Å². The number of β-amino-alcohol motifs (C(OH)–C–C–N with tert-alkyl or cyclic N) is 2. The van der Waals surface area contributed by atoms with Gasteiger partial charge in [-0.25, -0.2) is 0 Å². The van der Waals surface area contributed by atoms with Crippen LogP contribution in [-0.4, -0.2) is 50.2 Å². The van der Waals surface area contributed by atoms with E-state index < -0.39 is 12.2 Å². The van der Waals surface area contributed by atoms with Gasteiger partial charge < -0.3 is 10.2 Å². The summed E-state index contributed by atoms with van der Waals surface area (Å²) in [7, 11) is 0. The molecular weight excluding hydrogens is 218 g/mol. The summed E-state index contributed by atoms with van der Waals surface area (Å²) >= 11 is 0. The molecule has 0 aliphatic carbocycles. The van der Waals surface area contributed by atoms with Crippen molar-refractivity contribution in [2.75, 3.05) is 13.1 Å². The Hall–Kier alpha value is -0.910. The van der Waals surface area contributed by atoms with Crippen LogP contribution in [-0.2, 0) is 19.5 Å². The molecule has 2 atom stereocenters. The van der Waals surface area contributed by atoms with Gasteiger partial charge in [-0.15, -0.1) is 0 Å². The SMILES string of the molecule is CCc1cc(CN2CC(O)C(O)C2)n(CC)n1. The van der Waals surface area contributed by atoms with Crippen molar-refractivity contribution in [3.63, 3.8) is 0 Å². The summed E-state index contributed by atoms with van der Waals surface area (Å²) in [6.45, 7) is 6.84. The van der Waals surface area contributed by atoms with Crippen molar-refractivity contribution in [1.29, 1.82) is 0 Å². The number of aromatic nitrogens is 2. The third-order valence-electron chi connectivity index (χ3n) is 3.30. The lowest BCUT2D eigenvalue weighted by Gasteiger charge is -2.15. The summed E-state index contributed by atoms with van der Waals surface area (Å²) in [4.78, 5) is 2.07. The second-order valence-corrected chi connectivity index (χ2v) is 4.63. The molecule has 5 nitrogen and oxygen atoms in total. The average molecular weight is 239 g/mol. The van der Waals surface area contributed by atoms with Gasteiger partial charge in [-0.1, -0.05) is 6.92 Å². The standard InChI is InChI=1S/C12H21N3O2/c1-3-9-5-10(15(4-2)13-9)6-14-7-11(16)12(17)8-14/h5,11-12,16-17H,3-4,6-8H2,1-2H3. The first kappa shape index (κ1) is 12.5. The summed E-state index contributed by atoms with van der Waals surface area (Å²) in [5.41, 5.74) is 2.26. The van der Waals surface area contributed by atoms with Gasteiger partial charge in [0.15, 0.2) is 0 Å². The summed E-state index contributed by atoms with van der Waals surface area (Å²) in [5, 5.41) is 23.5. The molecule has 2 unspecified atom stereocenters. The average Bonchev–Trinajstić information content (AvgIpc) is 2.84. The van der Waals surface area contributed by atoms with E-state index in [2.05, 4.69) is 29.9 Å². The van der Waals surface area contributed by atoms with Crippen LogP contribution in [0.15, 0.2) is 6.07 Å². The molecule has 0 aromatic carbocycles. The molecule has 0 spiro atoms. The first-order chi connectivity index (χ1) is 8.13. The molecule has 0 saturated carbocycles. The van der Waals surface area contributed by atoms with E-state index in [4.69, 9.17) is 0 Å². The maximum atomic E-state index is 9.51. The second-order valence-electron chi connectivity index (χ2n) is 4.63. The van der Waals surface area contributed by atoms with E-state index in [0.717, 1.165) is 30.9 Å². The van der Waals surface area contributed by atoms with Gasteiger partial charge in [0, 0.05) is 26.2 Å². The lowest BCUT2D eigenvalue weighted by Crippen LogP contribution is -2.23. The Balaban J connectivity index is 2.05. The highest BCUT2D eigenvalue weighted by atomic mass is 16.3. The Bertz CT molecular complexity index is 368. The van der Waals surface area contributed by atoms with Crippen molar-refractivity contribution >= 4 is 0 Å². The van der Waals surface area contributed by atoms with Crippen LogP contribution in [0.2, 0.25) is 0 Å². The van der Waals surface area contributed by atoms with Crippen LogP contribution in [0.3, 0.4) is 0 Å². The number of aliphatic hydroxyl groups is 2. The van der Waals surface area contributed by atoms with E-state index in [-0.39, 0.29) is 0 Å². The van der Waals surface area contributed by atoms with Crippen molar-refractivity contribution in [2.45, 2.75) is 45.6 Å². The number of aliphatic hydroxyl groups excluding tert-OH is 2. The van der Waals surface area contributed by atoms with Gasteiger partial charge in [0.25, 0.3) is 0 Å². The molecule has 2 N–H and O–H groups in total. The molecule has 96 valence electrons. The molecule has 1 fully saturated rings. The Morgan fingerprint density at radius 2 is 1.94 bits per heavy atom. The predicted octanol–water partition coefficient (Wildman–Crippen LogP) is 0.00280. The molecule has 17 heavy (non-hydrogen) atoms. The minimum atomic E-state index is -0.612. The van der Waals surface area contributed by atoms with Gasteiger partial charge in [0.2, 0.25) is 0 Å². The second kappa shape index (κ2) is 5.16. The van der Waals surface area contributed by atoms with Gasteiger partial charge >= 0.3 is 0 Å². The molecule has 2 heterocycles. The van der Waals surface area contributed by atoms with Gasteiger partial charge in [-0.2, -0.15) is 5.10 Å². The number of rotatable bonds is 4. The first-order valence-corrected chi connectivity index (χ1v) is 6.28. The van der Waals surface area contributed by atoms with E-state index in [1.54, 1.807) is 0 Å². The summed E-state index contributed by atoms with van der Waals surface area (Å²) in [6, 6.07) is 2.11. The minimum Gasteiger partial charge on any atom is -0.389 e. The molecular formula is C12H21N3O2. The zero-order valence-corrected chi connectivity index (χ0v) is 10.5. The molecule has 5 heteroatoms. The lowest BCUT2D eigenvalue weighted by atomic mass is 10.3. The quantitative estimate of drug-likeness (QED) is 0.776. The molecule has 1 saturated heterocycles. The van der Waals surface area contributed by atoms with Gasteiger partial charge in [0.1, 0.15) is 0 Å². The maximum absolute atomic E-state index is 9.51. The van der Waals surface area contributed by atoms with Crippen LogP contribution in [0.1, 0.15) is 25.2 Å². The van der Waals surface area contributed by atoms with Gasteiger partial charge in [0.05, 0.1) is 23.6 Å². The highest BCUT2D eigenvalue weighted by Crippen LogP contribution is 2.15. The zero-order valence-electron chi connectivity index (χ0n) is 10.5.